The zero-order valence-electron chi connectivity index (χ0n) is 6.56. The molecule has 9 heavy (non-hydrogen) atoms. The molecular formula is C6H16N2O. The second-order valence-corrected chi connectivity index (χ2v) is 3.04. The summed E-state index contributed by atoms with van der Waals surface area (Å²) in [6.07, 6.45) is -0.0787. The maximum atomic E-state index is 5.35. The minimum atomic E-state index is -0.119. The summed E-state index contributed by atoms with van der Waals surface area (Å²) in [5.41, 5.74) is 2.38. The Balaban J connectivity index is 3.47. The van der Waals surface area contributed by atoms with Crippen molar-refractivity contribution in [1.82, 2.24) is 5.43 Å². The van der Waals surface area contributed by atoms with Crippen molar-refractivity contribution in [3.63, 3.8) is 0 Å². The van der Waals surface area contributed by atoms with E-state index in [0.29, 0.717) is 0 Å². The Morgan fingerprint density at radius 3 is 2.00 bits per heavy atom. The van der Waals surface area contributed by atoms with Gasteiger partial charge in [0.25, 0.3) is 0 Å². The topological polar surface area (TPSA) is 47.3 Å². The second kappa shape index (κ2) is 3.15. The molecule has 56 valence electrons. The van der Waals surface area contributed by atoms with Crippen molar-refractivity contribution in [1.29, 1.82) is 0 Å². The van der Waals surface area contributed by atoms with Gasteiger partial charge in [-0.05, 0) is 27.7 Å². The van der Waals surface area contributed by atoms with Crippen molar-refractivity contribution >= 4 is 0 Å². The molecule has 0 aromatic rings. The number of ether oxygens (including phenoxy) is 1. The van der Waals surface area contributed by atoms with Gasteiger partial charge in [0, 0.05) is 0 Å². The predicted molar refractivity (Wildman–Crippen MR) is 37.6 cm³/mol. The van der Waals surface area contributed by atoms with Gasteiger partial charge in [-0.1, -0.05) is 0 Å². The maximum absolute atomic E-state index is 5.35. The zero-order chi connectivity index (χ0) is 7.49. The lowest BCUT2D eigenvalue weighted by Crippen LogP contribution is -2.39. The standard InChI is InChI=1S/C6H16N2O/c1-5(8-7)9-6(2,3)4/h5,8H,7H2,1-4H3. The van der Waals surface area contributed by atoms with Gasteiger partial charge < -0.3 is 4.74 Å². The van der Waals surface area contributed by atoms with Gasteiger partial charge in [0.05, 0.1) is 5.60 Å². The molecule has 0 aliphatic rings. The predicted octanol–water partition coefficient (Wildman–Crippen LogP) is 0.611. The number of hydrogen-bond acceptors (Lipinski definition) is 3. The van der Waals surface area contributed by atoms with Crippen LogP contribution in [-0.2, 0) is 4.74 Å². The maximum Gasteiger partial charge on any atom is 0.118 e. The summed E-state index contributed by atoms with van der Waals surface area (Å²) in [7, 11) is 0. The lowest BCUT2D eigenvalue weighted by atomic mass is 10.2. The highest BCUT2D eigenvalue weighted by molar-refractivity contribution is 4.59. The van der Waals surface area contributed by atoms with Crippen LogP contribution in [0.1, 0.15) is 27.7 Å². The lowest BCUT2D eigenvalue weighted by molar-refractivity contribution is -0.0656. The van der Waals surface area contributed by atoms with Crippen LogP contribution in [0.15, 0.2) is 0 Å². The van der Waals surface area contributed by atoms with Crippen LogP contribution < -0.4 is 11.3 Å². The summed E-state index contributed by atoms with van der Waals surface area (Å²) in [4.78, 5) is 0. The Morgan fingerprint density at radius 1 is 1.44 bits per heavy atom. The van der Waals surface area contributed by atoms with Crippen LogP contribution in [-0.4, -0.2) is 11.8 Å². The molecule has 0 bridgehead atoms. The molecule has 0 heterocycles. The Hall–Kier alpha value is -0.120. The molecule has 0 aliphatic heterocycles. The Morgan fingerprint density at radius 2 is 1.89 bits per heavy atom. The fraction of sp³-hybridized carbons (Fsp3) is 1.00. The molecule has 0 saturated carbocycles. The number of hydrogen-bond donors (Lipinski definition) is 2. The zero-order valence-corrected chi connectivity index (χ0v) is 6.56. The quantitative estimate of drug-likeness (QED) is 0.329. The molecule has 3 N–H and O–H groups in total. The minimum Gasteiger partial charge on any atom is -0.357 e. The van der Waals surface area contributed by atoms with Gasteiger partial charge in [-0.25, -0.2) is 5.43 Å². The summed E-state index contributed by atoms with van der Waals surface area (Å²) < 4.78 is 5.35. The molecule has 0 rings (SSSR count). The molecule has 1 unspecified atom stereocenters. The van der Waals surface area contributed by atoms with E-state index in [1.807, 2.05) is 27.7 Å². The van der Waals surface area contributed by atoms with Crippen LogP contribution in [0.2, 0.25) is 0 Å². The largest absolute Gasteiger partial charge is 0.357 e. The van der Waals surface area contributed by atoms with Crippen molar-refractivity contribution in [2.24, 2.45) is 5.84 Å². The monoisotopic (exact) mass is 132 g/mol. The summed E-state index contributed by atoms with van der Waals surface area (Å²) in [5.74, 6) is 5.10. The second-order valence-electron chi connectivity index (χ2n) is 3.04. The summed E-state index contributed by atoms with van der Waals surface area (Å²) in [5, 5.41) is 0. The highest BCUT2D eigenvalue weighted by Crippen LogP contribution is 2.07. The van der Waals surface area contributed by atoms with E-state index in [-0.39, 0.29) is 11.8 Å². The van der Waals surface area contributed by atoms with Gasteiger partial charge in [-0.15, -0.1) is 0 Å². The molecule has 0 spiro atoms. The molecule has 0 saturated heterocycles. The first-order valence-corrected chi connectivity index (χ1v) is 3.09. The number of hydrazine groups is 1. The third-order valence-corrected chi connectivity index (χ3v) is 0.765. The van der Waals surface area contributed by atoms with Gasteiger partial charge >= 0.3 is 0 Å². The first kappa shape index (κ1) is 8.88. The van der Waals surface area contributed by atoms with Gasteiger partial charge in [-0.2, -0.15) is 0 Å². The molecule has 1 atom stereocenters. The minimum absolute atomic E-state index is 0.0787. The SMILES string of the molecule is CC(NN)OC(C)(C)C. The van der Waals surface area contributed by atoms with E-state index < -0.39 is 0 Å². The molecule has 0 aromatic carbocycles. The molecular weight excluding hydrogens is 116 g/mol. The first-order chi connectivity index (χ1) is 3.95. The first-order valence-electron chi connectivity index (χ1n) is 3.09. The molecule has 0 radical (unpaired) electrons. The molecule has 3 heteroatoms. The van der Waals surface area contributed by atoms with Crippen LogP contribution in [0, 0.1) is 0 Å². The third kappa shape index (κ3) is 5.76. The Kier molecular flexibility index (Phi) is 3.11. The van der Waals surface area contributed by atoms with Crippen LogP contribution in [0.3, 0.4) is 0 Å². The fourth-order valence-corrected chi connectivity index (χ4v) is 0.564. The number of rotatable bonds is 2. The fourth-order valence-electron chi connectivity index (χ4n) is 0.564. The lowest BCUT2D eigenvalue weighted by Gasteiger charge is -2.24. The molecule has 0 fully saturated rings. The molecule has 0 aliphatic carbocycles. The van der Waals surface area contributed by atoms with E-state index in [2.05, 4.69) is 5.43 Å². The average Bonchev–Trinajstić information content (AvgIpc) is 1.62. The van der Waals surface area contributed by atoms with E-state index >= 15 is 0 Å². The smallest absolute Gasteiger partial charge is 0.118 e. The molecule has 0 amide bonds. The van der Waals surface area contributed by atoms with Crippen LogP contribution in [0.4, 0.5) is 0 Å². The third-order valence-electron chi connectivity index (χ3n) is 0.765. The van der Waals surface area contributed by atoms with Crippen molar-refractivity contribution in [2.45, 2.75) is 39.5 Å². The molecule has 3 nitrogen and oxygen atoms in total. The number of nitrogens with one attached hydrogen (secondary N) is 1. The van der Waals surface area contributed by atoms with Crippen LogP contribution in [0.25, 0.3) is 0 Å². The van der Waals surface area contributed by atoms with E-state index in [1.165, 1.54) is 0 Å². The normalized spacial score (nSPS) is 15.7. The van der Waals surface area contributed by atoms with Crippen molar-refractivity contribution in [2.75, 3.05) is 0 Å². The summed E-state index contributed by atoms with van der Waals surface area (Å²) >= 11 is 0. The van der Waals surface area contributed by atoms with E-state index in [9.17, 15) is 0 Å². The van der Waals surface area contributed by atoms with Crippen LogP contribution >= 0.6 is 0 Å². The summed E-state index contributed by atoms with van der Waals surface area (Å²) in [6.45, 7) is 7.83. The molecule has 0 aromatic heterocycles. The summed E-state index contributed by atoms with van der Waals surface area (Å²) in [6, 6.07) is 0. The van der Waals surface area contributed by atoms with Crippen molar-refractivity contribution < 1.29 is 4.74 Å². The van der Waals surface area contributed by atoms with Crippen molar-refractivity contribution in [3.8, 4) is 0 Å². The van der Waals surface area contributed by atoms with Crippen molar-refractivity contribution in [3.05, 3.63) is 0 Å². The van der Waals surface area contributed by atoms with Gasteiger partial charge in [0.2, 0.25) is 0 Å². The highest BCUT2D eigenvalue weighted by atomic mass is 16.5. The van der Waals surface area contributed by atoms with E-state index in [0.717, 1.165) is 0 Å². The van der Waals surface area contributed by atoms with Crippen LogP contribution in [0.5, 0.6) is 0 Å². The number of nitrogens with two attached hydrogens (primary N) is 1. The highest BCUT2D eigenvalue weighted by Gasteiger charge is 2.12. The van der Waals surface area contributed by atoms with Gasteiger partial charge in [-0.3, -0.25) is 5.84 Å². The van der Waals surface area contributed by atoms with Gasteiger partial charge in [0.15, 0.2) is 0 Å². The average molecular weight is 132 g/mol. The Bertz CT molecular complexity index is 77.6. The van der Waals surface area contributed by atoms with E-state index in [1.54, 1.807) is 0 Å². The van der Waals surface area contributed by atoms with E-state index in [4.69, 9.17) is 10.6 Å². The van der Waals surface area contributed by atoms with Gasteiger partial charge in [0.1, 0.15) is 6.23 Å². The Labute approximate surface area is 56.5 Å².